The Bertz CT molecular complexity index is 796. The second kappa shape index (κ2) is 11.4. The van der Waals surface area contributed by atoms with Crippen molar-refractivity contribution in [2.45, 2.75) is 46.0 Å². The number of nitrogens with one attached hydrogen (secondary N) is 2. The highest BCUT2D eigenvalue weighted by atomic mass is 16.5. The monoisotopic (exact) mass is 411 g/mol. The van der Waals surface area contributed by atoms with Gasteiger partial charge in [-0.1, -0.05) is 6.92 Å². The van der Waals surface area contributed by atoms with Crippen LogP contribution in [0.1, 0.15) is 46.0 Å². The van der Waals surface area contributed by atoms with Gasteiger partial charge in [0.15, 0.2) is 0 Å². The molecule has 1 atom stereocenters. The summed E-state index contributed by atoms with van der Waals surface area (Å²) in [5.41, 5.74) is 0.807. The van der Waals surface area contributed by atoms with E-state index in [1.807, 2.05) is 37.3 Å². The van der Waals surface area contributed by atoms with E-state index in [0.717, 1.165) is 68.4 Å². The third-order valence-electron chi connectivity index (χ3n) is 5.28. The number of rotatable bonds is 10. The van der Waals surface area contributed by atoms with Gasteiger partial charge in [0.25, 0.3) is 0 Å². The molecule has 7 nitrogen and oxygen atoms in total. The van der Waals surface area contributed by atoms with Crippen molar-refractivity contribution in [3.63, 3.8) is 0 Å². The zero-order valence-corrected chi connectivity index (χ0v) is 18.1. The van der Waals surface area contributed by atoms with Crippen LogP contribution < -0.4 is 20.3 Å². The predicted molar refractivity (Wildman–Crippen MR) is 121 cm³/mol. The molecule has 1 amide bonds. The molecule has 1 aromatic carbocycles. The summed E-state index contributed by atoms with van der Waals surface area (Å²) in [7, 11) is 0. The molecule has 0 radical (unpaired) electrons. The van der Waals surface area contributed by atoms with Crippen molar-refractivity contribution in [2.75, 3.05) is 41.8 Å². The Balaban J connectivity index is 1.47. The van der Waals surface area contributed by atoms with Crippen LogP contribution in [-0.4, -0.2) is 42.1 Å². The fourth-order valence-electron chi connectivity index (χ4n) is 3.74. The Hall–Kier alpha value is -2.83. The summed E-state index contributed by atoms with van der Waals surface area (Å²) in [6, 6.07) is 9.54. The number of nitrogens with zero attached hydrogens (tertiary/aromatic N) is 3. The van der Waals surface area contributed by atoms with E-state index in [-0.39, 0.29) is 5.91 Å². The molecule has 3 rings (SSSR count). The van der Waals surface area contributed by atoms with E-state index in [2.05, 4.69) is 32.4 Å². The zero-order valence-electron chi connectivity index (χ0n) is 18.1. The molecule has 0 saturated carbocycles. The maximum Gasteiger partial charge on any atom is 0.224 e. The number of aromatic nitrogens is 2. The first-order valence-electron chi connectivity index (χ1n) is 11.0. The largest absolute Gasteiger partial charge is 0.494 e. The first-order valence-corrected chi connectivity index (χ1v) is 11.0. The third kappa shape index (κ3) is 6.61. The Morgan fingerprint density at radius 2 is 2.07 bits per heavy atom. The summed E-state index contributed by atoms with van der Waals surface area (Å²) in [4.78, 5) is 23.5. The average molecular weight is 412 g/mol. The third-order valence-corrected chi connectivity index (χ3v) is 5.28. The van der Waals surface area contributed by atoms with Gasteiger partial charge in [0.1, 0.15) is 23.7 Å². The molecule has 1 fully saturated rings. The van der Waals surface area contributed by atoms with Crippen LogP contribution in [0.2, 0.25) is 0 Å². The van der Waals surface area contributed by atoms with Gasteiger partial charge >= 0.3 is 0 Å². The van der Waals surface area contributed by atoms with Gasteiger partial charge in [-0.2, -0.15) is 0 Å². The number of piperidine rings is 1. The second-order valence-electron chi connectivity index (χ2n) is 7.69. The summed E-state index contributed by atoms with van der Waals surface area (Å²) >= 11 is 0. The molecule has 1 aromatic heterocycles. The van der Waals surface area contributed by atoms with Gasteiger partial charge in [0, 0.05) is 37.8 Å². The molecule has 1 aliphatic heterocycles. The first-order chi connectivity index (χ1) is 14.7. The minimum absolute atomic E-state index is 0.0596. The van der Waals surface area contributed by atoms with Gasteiger partial charge < -0.3 is 20.3 Å². The van der Waals surface area contributed by atoms with E-state index in [4.69, 9.17) is 4.74 Å². The van der Waals surface area contributed by atoms with E-state index >= 15 is 0 Å². The van der Waals surface area contributed by atoms with E-state index < -0.39 is 0 Å². The van der Waals surface area contributed by atoms with Crippen molar-refractivity contribution >= 4 is 23.2 Å². The highest BCUT2D eigenvalue weighted by Gasteiger charge is 2.22. The molecule has 7 heteroatoms. The molecule has 30 heavy (non-hydrogen) atoms. The molecule has 2 heterocycles. The van der Waals surface area contributed by atoms with Crippen LogP contribution >= 0.6 is 0 Å². The Kier molecular flexibility index (Phi) is 8.30. The molecule has 0 spiro atoms. The number of amides is 1. The quantitative estimate of drug-likeness (QED) is 0.606. The minimum atomic E-state index is 0.0596. The number of ether oxygens (including phenoxy) is 1. The van der Waals surface area contributed by atoms with Crippen LogP contribution in [0.25, 0.3) is 0 Å². The first kappa shape index (κ1) is 21.9. The Labute approximate surface area is 179 Å². The zero-order chi connectivity index (χ0) is 21.2. The van der Waals surface area contributed by atoms with Crippen LogP contribution in [0.4, 0.5) is 17.3 Å². The lowest BCUT2D eigenvalue weighted by atomic mass is 9.93. The lowest BCUT2D eigenvalue weighted by Crippen LogP contribution is -2.36. The van der Waals surface area contributed by atoms with Crippen LogP contribution in [0.5, 0.6) is 5.75 Å². The Morgan fingerprint density at radius 1 is 1.23 bits per heavy atom. The normalized spacial score (nSPS) is 16.2. The number of carbonyl (C=O) groups excluding carboxylic acids is 1. The van der Waals surface area contributed by atoms with Gasteiger partial charge in [0.2, 0.25) is 5.91 Å². The van der Waals surface area contributed by atoms with Crippen LogP contribution in [0.15, 0.2) is 36.7 Å². The van der Waals surface area contributed by atoms with E-state index in [1.165, 1.54) is 0 Å². The van der Waals surface area contributed by atoms with E-state index in [1.54, 1.807) is 6.33 Å². The fraction of sp³-hybridized carbons (Fsp3) is 0.522. The van der Waals surface area contributed by atoms with Gasteiger partial charge in [0.05, 0.1) is 6.61 Å². The summed E-state index contributed by atoms with van der Waals surface area (Å²) in [5.74, 6) is 3.21. The SMILES string of the molecule is CCCNc1cc(N2CCC[C@H](CCC(=O)Nc3ccc(OCC)cc3)C2)ncn1. The van der Waals surface area contributed by atoms with Gasteiger partial charge in [-0.3, -0.25) is 4.79 Å². The standard InChI is InChI=1S/C23H33N5O2/c1-3-13-24-21-15-22(26-17-25-21)28-14-5-6-18(16-28)7-12-23(29)27-19-8-10-20(11-9-19)30-4-2/h8-11,15,17-18H,3-7,12-14,16H2,1-2H3,(H,27,29)(H,24,25,26)/t18-/m1/s1. The molecule has 0 aliphatic carbocycles. The number of carbonyl (C=O) groups is 1. The minimum Gasteiger partial charge on any atom is -0.494 e. The number of hydrogen-bond acceptors (Lipinski definition) is 6. The molecule has 1 saturated heterocycles. The number of hydrogen-bond donors (Lipinski definition) is 2. The van der Waals surface area contributed by atoms with Crippen LogP contribution in [0.3, 0.4) is 0 Å². The predicted octanol–water partition coefficient (Wildman–Crippen LogP) is 4.33. The molecule has 0 bridgehead atoms. The lowest BCUT2D eigenvalue weighted by molar-refractivity contribution is -0.116. The summed E-state index contributed by atoms with van der Waals surface area (Å²) < 4.78 is 5.44. The summed E-state index contributed by atoms with van der Waals surface area (Å²) in [6.07, 6.45) is 6.36. The van der Waals surface area contributed by atoms with Crippen molar-refractivity contribution in [1.82, 2.24) is 9.97 Å². The van der Waals surface area contributed by atoms with Gasteiger partial charge in [-0.05, 0) is 62.8 Å². The number of anilines is 3. The molecule has 2 aromatic rings. The lowest BCUT2D eigenvalue weighted by Gasteiger charge is -2.33. The highest BCUT2D eigenvalue weighted by molar-refractivity contribution is 5.90. The summed E-state index contributed by atoms with van der Waals surface area (Å²) in [5, 5.41) is 6.30. The van der Waals surface area contributed by atoms with Crippen molar-refractivity contribution in [2.24, 2.45) is 5.92 Å². The topological polar surface area (TPSA) is 79.4 Å². The second-order valence-corrected chi connectivity index (χ2v) is 7.69. The smallest absolute Gasteiger partial charge is 0.224 e. The van der Waals surface area contributed by atoms with Crippen LogP contribution in [0, 0.1) is 5.92 Å². The van der Waals surface area contributed by atoms with Gasteiger partial charge in [-0.15, -0.1) is 0 Å². The van der Waals surface area contributed by atoms with Gasteiger partial charge in [-0.25, -0.2) is 9.97 Å². The maximum atomic E-state index is 12.4. The molecule has 162 valence electrons. The fourth-order valence-corrected chi connectivity index (χ4v) is 3.74. The Morgan fingerprint density at radius 3 is 2.83 bits per heavy atom. The van der Waals surface area contributed by atoms with Crippen molar-refractivity contribution in [1.29, 1.82) is 0 Å². The van der Waals surface area contributed by atoms with Crippen LogP contribution in [-0.2, 0) is 4.79 Å². The van der Waals surface area contributed by atoms with Crippen molar-refractivity contribution < 1.29 is 9.53 Å². The molecule has 1 aliphatic rings. The average Bonchev–Trinajstić information content (AvgIpc) is 2.78. The van der Waals surface area contributed by atoms with E-state index in [0.29, 0.717) is 18.9 Å². The number of benzene rings is 1. The van der Waals surface area contributed by atoms with Crippen molar-refractivity contribution in [3.05, 3.63) is 36.7 Å². The molecule has 0 unspecified atom stereocenters. The molecular weight excluding hydrogens is 378 g/mol. The highest BCUT2D eigenvalue weighted by Crippen LogP contribution is 2.26. The van der Waals surface area contributed by atoms with Crippen molar-refractivity contribution in [3.8, 4) is 5.75 Å². The summed E-state index contributed by atoms with van der Waals surface area (Å²) in [6.45, 7) is 7.56. The van der Waals surface area contributed by atoms with E-state index in [9.17, 15) is 4.79 Å². The maximum absolute atomic E-state index is 12.4. The molecular formula is C23H33N5O2. The molecule has 2 N–H and O–H groups in total.